The van der Waals surface area contributed by atoms with Gasteiger partial charge in [-0.2, -0.15) is 22.8 Å². The summed E-state index contributed by atoms with van der Waals surface area (Å²) >= 11 is 1.47. The first-order chi connectivity index (χ1) is 23.2. The van der Waals surface area contributed by atoms with Crippen LogP contribution in [0.2, 0.25) is 0 Å². The van der Waals surface area contributed by atoms with E-state index in [0.29, 0.717) is 30.9 Å². The highest BCUT2D eigenvalue weighted by atomic mass is 32.3. The molecular weight excluding hydrogens is 669 g/mol. The van der Waals surface area contributed by atoms with Crippen molar-refractivity contribution in [2.24, 2.45) is 0 Å². The van der Waals surface area contributed by atoms with E-state index in [4.69, 9.17) is 13.3 Å². The third-order valence-electron chi connectivity index (χ3n) is 9.28. The molecule has 1 saturated heterocycles. The minimum atomic E-state index is -4.61. The maximum Gasteiger partial charge on any atom is 0.437 e. The van der Waals surface area contributed by atoms with Gasteiger partial charge in [0.05, 0.1) is 12.6 Å². The smallest absolute Gasteiger partial charge is 0.437 e. The Morgan fingerprint density at radius 2 is 1.59 bits per heavy atom. The predicted octanol–water partition coefficient (Wildman–Crippen LogP) is 8.02. The van der Waals surface area contributed by atoms with E-state index in [1.54, 1.807) is 9.96 Å². The van der Waals surface area contributed by atoms with Crippen molar-refractivity contribution in [2.75, 3.05) is 19.6 Å². The van der Waals surface area contributed by atoms with Crippen LogP contribution in [0.15, 0.2) is 0 Å². The summed E-state index contributed by atoms with van der Waals surface area (Å²) in [6.45, 7) is 16.7. The molecule has 1 aliphatic heterocycles. The van der Waals surface area contributed by atoms with E-state index in [1.807, 2.05) is 27.7 Å². The molecule has 1 aromatic rings. The Balaban J connectivity index is 1.71. The van der Waals surface area contributed by atoms with Crippen molar-refractivity contribution in [1.82, 2.24) is 30.5 Å². The van der Waals surface area contributed by atoms with Crippen LogP contribution in [-0.2, 0) is 23.7 Å². The van der Waals surface area contributed by atoms with E-state index in [1.165, 1.54) is 11.3 Å². The number of carbonyl (C=O) groups excluding carboxylic acids is 2. The van der Waals surface area contributed by atoms with Crippen molar-refractivity contribution in [3.63, 3.8) is 0 Å². The lowest BCUT2D eigenvalue weighted by molar-refractivity contribution is -0.171. The van der Waals surface area contributed by atoms with Crippen LogP contribution in [0.1, 0.15) is 167 Å². The van der Waals surface area contributed by atoms with Gasteiger partial charge in [0.15, 0.2) is 0 Å². The number of carbonyl (C=O) groups is 2. The second kappa shape index (κ2) is 19.0. The number of rotatable bonds is 20. The second-order valence-electron chi connectivity index (χ2n) is 14.5. The van der Waals surface area contributed by atoms with Gasteiger partial charge >= 0.3 is 22.5 Å². The number of amides is 3. The van der Waals surface area contributed by atoms with Crippen LogP contribution in [0.25, 0.3) is 0 Å². The molecule has 15 heteroatoms. The van der Waals surface area contributed by atoms with E-state index in [2.05, 4.69) is 43.2 Å². The monoisotopic (exact) mass is 730 g/mol. The molecule has 3 amide bonds. The molecule has 1 saturated carbocycles. The molecule has 1 aromatic heterocycles. The van der Waals surface area contributed by atoms with Crippen molar-refractivity contribution >= 4 is 33.9 Å². The standard InChI is InChI=1S/C34H62N6O7S2/c1-9-14-20-34(19-12-4,21-15-10-2)40(23-16-11-3)47-49(43,44)46-39-22-17-18-28(38(13-5)32(39)42)30-37-36-29(48-30)26-24-27(25-26)35-31(41)45-33(6,7)8/h26-28H,9-25H2,1-8H3,(H,35,41)/t26?,27?,28-/m0/s1. The van der Waals surface area contributed by atoms with Crippen molar-refractivity contribution in [3.8, 4) is 0 Å². The summed E-state index contributed by atoms with van der Waals surface area (Å²) in [5, 5.41) is 16.0. The molecule has 0 aromatic carbocycles. The Hall–Kier alpha value is -2.07. The fourth-order valence-corrected chi connectivity index (χ4v) is 8.67. The number of hydroxylamine groups is 4. The molecule has 0 bridgehead atoms. The Kier molecular flexibility index (Phi) is 16.0. The van der Waals surface area contributed by atoms with E-state index in [0.717, 1.165) is 87.1 Å². The highest BCUT2D eigenvalue weighted by molar-refractivity contribution is 7.81. The number of urea groups is 1. The number of alkyl carbamates (subject to hydrolysis) is 1. The molecular formula is C34H62N6O7S2. The van der Waals surface area contributed by atoms with Crippen molar-refractivity contribution in [2.45, 2.75) is 174 Å². The van der Waals surface area contributed by atoms with Crippen LogP contribution in [0.3, 0.4) is 0 Å². The number of nitrogens with zero attached hydrogens (tertiary/aromatic N) is 5. The molecule has 1 N–H and O–H groups in total. The van der Waals surface area contributed by atoms with Crippen molar-refractivity contribution < 1.29 is 31.3 Å². The summed E-state index contributed by atoms with van der Waals surface area (Å²) in [6.07, 6.45) is 11.1. The number of ether oxygens (including phenoxy) is 1. The maximum atomic E-state index is 13.8. The molecule has 1 atom stereocenters. The first kappa shape index (κ1) is 41.4. The Morgan fingerprint density at radius 3 is 2.16 bits per heavy atom. The van der Waals surface area contributed by atoms with Gasteiger partial charge in [0.1, 0.15) is 15.6 Å². The Labute approximate surface area is 299 Å². The maximum absolute atomic E-state index is 13.8. The van der Waals surface area contributed by atoms with Crippen LogP contribution >= 0.6 is 11.3 Å². The van der Waals surface area contributed by atoms with Gasteiger partial charge in [-0.25, -0.2) is 9.59 Å². The minimum absolute atomic E-state index is 0.0111. The second-order valence-corrected chi connectivity index (χ2v) is 16.7. The van der Waals surface area contributed by atoms with Gasteiger partial charge in [0.2, 0.25) is 0 Å². The third kappa shape index (κ3) is 12.0. The number of hydrogen-bond acceptors (Lipinski definition) is 11. The fraction of sp³-hybridized carbons (Fsp3) is 0.882. The lowest BCUT2D eigenvalue weighted by atomic mass is 9.81. The van der Waals surface area contributed by atoms with Crippen LogP contribution in [0.4, 0.5) is 9.59 Å². The summed E-state index contributed by atoms with van der Waals surface area (Å²) in [5.41, 5.74) is -0.990. The fourth-order valence-electron chi connectivity index (χ4n) is 6.71. The van der Waals surface area contributed by atoms with E-state index < -0.39 is 33.7 Å². The average Bonchev–Trinajstić information content (AvgIpc) is 3.43. The molecule has 2 fully saturated rings. The summed E-state index contributed by atoms with van der Waals surface area (Å²) in [5.74, 6) is 0.162. The molecule has 282 valence electrons. The highest BCUT2D eigenvalue weighted by Crippen LogP contribution is 2.41. The third-order valence-corrected chi connectivity index (χ3v) is 11.2. The zero-order valence-corrected chi connectivity index (χ0v) is 32.8. The van der Waals surface area contributed by atoms with Gasteiger partial charge in [0, 0.05) is 30.6 Å². The number of hydrogen-bond donors (Lipinski definition) is 1. The van der Waals surface area contributed by atoms with Crippen LogP contribution in [0.5, 0.6) is 0 Å². The molecule has 2 heterocycles. The Bertz CT molecular complexity index is 1270. The molecule has 0 unspecified atom stereocenters. The summed E-state index contributed by atoms with van der Waals surface area (Å²) in [6, 6.07) is -0.897. The normalized spacial score (nSPS) is 20.8. The van der Waals surface area contributed by atoms with Gasteiger partial charge in [-0.3, -0.25) is 0 Å². The van der Waals surface area contributed by atoms with E-state index in [9.17, 15) is 18.0 Å². The zero-order valence-electron chi connectivity index (χ0n) is 31.2. The number of unbranched alkanes of at least 4 members (excludes halogenated alkanes) is 3. The van der Waals surface area contributed by atoms with Crippen LogP contribution in [-0.4, -0.2) is 82.6 Å². The van der Waals surface area contributed by atoms with E-state index >= 15 is 0 Å². The number of aromatic nitrogens is 2. The lowest BCUT2D eigenvalue weighted by Crippen LogP contribution is -2.51. The van der Waals surface area contributed by atoms with Gasteiger partial charge < -0.3 is 15.0 Å². The molecule has 1 aliphatic carbocycles. The molecule has 0 spiro atoms. The van der Waals surface area contributed by atoms with Crippen LogP contribution in [0, 0.1) is 0 Å². The van der Waals surface area contributed by atoms with Crippen LogP contribution < -0.4 is 5.32 Å². The van der Waals surface area contributed by atoms with Gasteiger partial charge in [-0.05, 0) is 79.1 Å². The zero-order chi connectivity index (χ0) is 36.2. The molecule has 3 rings (SSSR count). The van der Waals surface area contributed by atoms with Gasteiger partial charge in [-0.1, -0.05) is 77.6 Å². The first-order valence-corrected chi connectivity index (χ1v) is 20.7. The lowest BCUT2D eigenvalue weighted by Gasteiger charge is -2.43. The molecule has 13 nitrogen and oxygen atoms in total. The minimum Gasteiger partial charge on any atom is -0.444 e. The first-order valence-electron chi connectivity index (χ1n) is 18.5. The number of nitrogens with one attached hydrogen (secondary N) is 1. The quantitative estimate of drug-likeness (QED) is 0.131. The average molecular weight is 731 g/mol. The SMILES string of the molecule is CCCCN(OS(=O)(=O)ON1CCC[C@@H](c2nnc(C3CC(NC(=O)OC(C)(C)C)C3)s2)N(CC)C1=O)C(CCC)(CCCC)CCCC. The molecule has 49 heavy (non-hydrogen) atoms. The summed E-state index contributed by atoms with van der Waals surface area (Å²) < 4.78 is 43.9. The predicted molar refractivity (Wildman–Crippen MR) is 191 cm³/mol. The van der Waals surface area contributed by atoms with Crippen molar-refractivity contribution in [1.29, 1.82) is 0 Å². The summed E-state index contributed by atoms with van der Waals surface area (Å²) in [4.78, 5) is 27.6. The van der Waals surface area contributed by atoms with Gasteiger partial charge in [-0.15, -0.1) is 14.5 Å². The van der Waals surface area contributed by atoms with Gasteiger partial charge in [0.25, 0.3) is 0 Å². The van der Waals surface area contributed by atoms with E-state index in [-0.39, 0.29) is 24.5 Å². The molecule has 0 radical (unpaired) electrons. The molecule has 2 aliphatic rings. The van der Waals surface area contributed by atoms with Crippen molar-refractivity contribution in [3.05, 3.63) is 10.0 Å². The Morgan fingerprint density at radius 1 is 0.959 bits per heavy atom. The topological polar surface area (TPSA) is 144 Å². The largest absolute Gasteiger partial charge is 0.444 e. The highest BCUT2D eigenvalue weighted by Gasteiger charge is 2.42. The summed E-state index contributed by atoms with van der Waals surface area (Å²) in [7, 11) is -4.61.